The largest absolute Gasteiger partial charge is 0.335 e. The molecule has 17 heavy (non-hydrogen) atoms. The van der Waals surface area contributed by atoms with Gasteiger partial charge in [0.15, 0.2) is 0 Å². The molecule has 0 aliphatic heterocycles. The van der Waals surface area contributed by atoms with Gasteiger partial charge in [0.25, 0.3) is 0 Å². The van der Waals surface area contributed by atoms with Crippen LogP contribution in [0.2, 0.25) is 0 Å². The van der Waals surface area contributed by atoms with Crippen molar-refractivity contribution in [3.05, 3.63) is 18.2 Å². The number of nitrogens with one attached hydrogen (secondary N) is 1. The fourth-order valence-corrected chi connectivity index (χ4v) is 2.57. The highest BCUT2D eigenvalue weighted by atomic mass is 32.2. The Balaban J connectivity index is 2.54. The van der Waals surface area contributed by atoms with Crippen molar-refractivity contribution in [2.45, 2.75) is 45.7 Å². The van der Waals surface area contributed by atoms with Crippen molar-refractivity contribution in [3.8, 4) is 0 Å². The zero-order valence-corrected chi connectivity index (χ0v) is 12.1. The van der Waals surface area contributed by atoms with Gasteiger partial charge in [-0.15, -0.1) is 0 Å². The first-order chi connectivity index (χ1) is 8.31. The highest BCUT2D eigenvalue weighted by molar-refractivity contribution is 7.98. The van der Waals surface area contributed by atoms with E-state index in [1.165, 1.54) is 18.7 Å². The summed E-state index contributed by atoms with van der Waals surface area (Å²) in [7, 11) is 0. The van der Waals surface area contributed by atoms with Crippen LogP contribution < -0.4 is 5.32 Å². The van der Waals surface area contributed by atoms with E-state index in [0.29, 0.717) is 6.04 Å². The Labute approximate surface area is 109 Å². The minimum Gasteiger partial charge on any atom is -0.335 e. The van der Waals surface area contributed by atoms with Crippen molar-refractivity contribution >= 4 is 11.8 Å². The standard InChI is InChI=1S/C13H25N3S/c1-4-6-14-12(11-17-3)10-13-15-7-9-16(13)8-5-2/h7,9,12,14H,4-6,8,10-11H2,1-3H3. The summed E-state index contributed by atoms with van der Waals surface area (Å²) in [6.07, 6.45) is 9.57. The van der Waals surface area contributed by atoms with Crippen LogP contribution in [0.25, 0.3) is 0 Å². The molecule has 1 rings (SSSR count). The van der Waals surface area contributed by atoms with Crippen LogP contribution in [-0.4, -0.2) is 34.1 Å². The first-order valence-electron chi connectivity index (χ1n) is 6.54. The number of nitrogens with zero attached hydrogens (tertiary/aromatic N) is 2. The number of imidazole rings is 1. The fraction of sp³-hybridized carbons (Fsp3) is 0.769. The SMILES string of the molecule is CCCNC(CSC)Cc1nccn1CCC. The summed E-state index contributed by atoms with van der Waals surface area (Å²) in [6, 6.07) is 0.544. The Morgan fingerprint density at radius 3 is 2.88 bits per heavy atom. The molecule has 0 fully saturated rings. The summed E-state index contributed by atoms with van der Waals surface area (Å²) in [5, 5.41) is 3.60. The summed E-state index contributed by atoms with van der Waals surface area (Å²) >= 11 is 1.90. The second-order valence-corrected chi connectivity index (χ2v) is 5.26. The van der Waals surface area contributed by atoms with E-state index in [1.54, 1.807) is 0 Å². The molecule has 0 bridgehead atoms. The molecule has 0 saturated carbocycles. The highest BCUT2D eigenvalue weighted by Crippen LogP contribution is 2.07. The summed E-state index contributed by atoms with van der Waals surface area (Å²) in [6.45, 7) is 6.59. The van der Waals surface area contributed by atoms with E-state index < -0.39 is 0 Å². The Kier molecular flexibility index (Phi) is 7.37. The van der Waals surface area contributed by atoms with Crippen LogP contribution in [0.3, 0.4) is 0 Å². The predicted octanol–water partition coefficient (Wildman–Crippen LogP) is 2.57. The first kappa shape index (κ1) is 14.6. The van der Waals surface area contributed by atoms with Gasteiger partial charge in [-0.05, 0) is 25.6 Å². The molecule has 1 aromatic rings. The second-order valence-electron chi connectivity index (χ2n) is 4.35. The van der Waals surface area contributed by atoms with E-state index in [4.69, 9.17) is 0 Å². The van der Waals surface area contributed by atoms with Gasteiger partial charge in [0.1, 0.15) is 5.82 Å². The van der Waals surface area contributed by atoms with Gasteiger partial charge >= 0.3 is 0 Å². The molecule has 0 radical (unpaired) electrons. The van der Waals surface area contributed by atoms with Gasteiger partial charge in [-0.1, -0.05) is 13.8 Å². The van der Waals surface area contributed by atoms with Crippen LogP contribution in [0.1, 0.15) is 32.5 Å². The lowest BCUT2D eigenvalue weighted by atomic mass is 10.2. The highest BCUT2D eigenvalue weighted by Gasteiger charge is 2.11. The number of hydrogen-bond acceptors (Lipinski definition) is 3. The normalized spacial score (nSPS) is 12.9. The zero-order valence-electron chi connectivity index (χ0n) is 11.3. The lowest BCUT2D eigenvalue weighted by Gasteiger charge is -2.17. The molecular weight excluding hydrogens is 230 g/mol. The van der Waals surface area contributed by atoms with Crippen molar-refractivity contribution in [2.24, 2.45) is 0 Å². The molecule has 1 aromatic heterocycles. The van der Waals surface area contributed by atoms with Crippen molar-refractivity contribution in [2.75, 3.05) is 18.6 Å². The van der Waals surface area contributed by atoms with E-state index in [-0.39, 0.29) is 0 Å². The number of aryl methyl sites for hydroxylation is 1. The van der Waals surface area contributed by atoms with Crippen molar-refractivity contribution in [3.63, 3.8) is 0 Å². The smallest absolute Gasteiger partial charge is 0.110 e. The van der Waals surface area contributed by atoms with Crippen molar-refractivity contribution in [1.82, 2.24) is 14.9 Å². The summed E-state index contributed by atoms with van der Waals surface area (Å²) < 4.78 is 2.28. The Hall–Kier alpha value is -0.480. The molecule has 98 valence electrons. The Bertz CT molecular complexity index is 299. The summed E-state index contributed by atoms with van der Waals surface area (Å²) in [4.78, 5) is 4.48. The third-order valence-electron chi connectivity index (χ3n) is 2.75. The number of thioether (sulfide) groups is 1. The van der Waals surface area contributed by atoms with Gasteiger partial charge in [0, 0.05) is 37.2 Å². The molecule has 3 nitrogen and oxygen atoms in total. The molecule has 0 aliphatic carbocycles. The predicted molar refractivity (Wildman–Crippen MR) is 76.7 cm³/mol. The average molecular weight is 255 g/mol. The topological polar surface area (TPSA) is 29.9 Å². The van der Waals surface area contributed by atoms with E-state index in [1.807, 2.05) is 18.0 Å². The molecule has 0 aliphatic rings. The maximum atomic E-state index is 4.48. The van der Waals surface area contributed by atoms with Crippen LogP contribution in [0, 0.1) is 0 Å². The fourth-order valence-electron chi connectivity index (χ4n) is 1.93. The molecule has 1 atom stereocenters. The summed E-state index contributed by atoms with van der Waals surface area (Å²) in [5.41, 5.74) is 0. The molecule has 1 N–H and O–H groups in total. The Morgan fingerprint density at radius 2 is 2.24 bits per heavy atom. The third kappa shape index (κ3) is 5.13. The van der Waals surface area contributed by atoms with Crippen LogP contribution in [-0.2, 0) is 13.0 Å². The molecule has 1 heterocycles. The lowest BCUT2D eigenvalue weighted by Crippen LogP contribution is -2.34. The lowest BCUT2D eigenvalue weighted by molar-refractivity contribution is 0.520. The third-order valence-corrected chi connectivity index (χ3v) is 3.48. The molecule has 0 saturated heterocycles. The number of aromatic nitrogens is 2. The maximum Gasteiger partial charge on any atom is 0.110 e. The molecule has 4 heteroatoms. The van der Waals surface area contributed by atoms with Gasteiger partial charge in [0.05, 0.1) is 0 Å². The van der Waals surface area contributed by atoms with E-state index in [9.17, 15) is 0 Å². The Morgan fingerprint density at radius 1 is 1.41 bits per heavy atom. The average Bonchev–Trinajstić information content (AvgIpc) is 2.74. The molecule has 1 unspecified atom stereocenters. The van der Waals surface area contributed by atoms with E-state index in [0.717, 1.165) is 25.3 Å². The number of hydrogen-bond donors (Lipinski definition) is 1. The first-order valence-corrected chi connectivity index (χ1v) is 7.93. The monoisotopic (exact) mass is 255 g/mol. The van der Waals surface area contributed by atoms with Gasteiger partial charge < -0.3 is 9.88 Å². The van der Waals surface area contributed by atoms with Crippen LogP contribution in [0.15, 0.2) is 12.4 Å². The zero-order chi connectivity index (χ0) is 12.5. The van der Waals surface area contributed by atoms with E-state index in [2.05, 4.69) is 41.2 Å². The minimum atomic E-state index is 0.544. The molecule has 0 amide bonds. The molecular formula is C13H25N3S. The van der Waals surface area contributed by atoms with Crippen molar-refractivity contribution < 1.29 is 0 Å². The minimum absolute atomic E-state index is 0.544. The van der Waals surface area contributed by atoms with Crippen LogP contribution in [0.4, 0.5) is 0 Å². The van der Waals surface area contributed by atoms with Crippen molar-refractivity contribution in [1.29, 1.82) is 0 Å². The van der Waals surface area contributed by atoms with Gasteiger partial charge in [0.2, 0.25) is 0 Å². The number of rotatable bonds is 9. The van der Waals surface area contributed by atoms with Gasteiger partial charge in [-0.2, -0.15) is 11.8 Å². The van der Waals surface area contributed by atoms with Gasteiger partial charge in [-0.25, -0.2) is 4.98 Å². The molecule has 0 spiro atoms. The maximum absolute atomic E-state index is 4.48. The van der Waals surface area contributed by atoms with E-state index >= 15 is 0 Å². The van der Waals surface area contributed by atoms with Crippen LogP contribution in [0.5, 0.6) is 0 Å². The second kappa shape index (κ2) is 8.59. The molecule has 0 aromatic carbocycles. The van der Waals surface area contributed by atoms with Gasteiger partial charge in [-0.3, -0.25) is 0 Å². The quantitative estimate of drug-likeness (QED) is 0.735. The summed E-state index contributed by atoms with van der Waals surface area (Å²) in [5.74, 6) is 2.37. The van der Waals surface area contributed by atoms with Crippen LogP contribution >= 0.6 is 11.8 Å².